The lowest BCUT2D eigenvalue weighted by Gasteiger charge is -2.23. The summed E-state index contributed by atoms with van der Waals surface area (Å²) < 4.78 is 0. The first-order valence-corrected chi connectivity index (χ1v) is 4.40. The molecule has 1 heterocycles. The molecular weight excluding hydrogens is 138 g/mol. The molecule has 2 unspecified atom stereocenters. The van der Waals surface area contributed by atoms with Crippen LogP contribution < -0.4 is 5.32 Å². The lowest BCUT2D eigenvalue weighted by Crippen LogP contribution is -2.28. The average Bonchev–Trinajstić information content (AvgIpc) is 2.46. The molecule has 60 valence electrons. The first-order valence-electron chi connectivity index (χ1n) is 4.40. The Morgan fingerprint density at radius 3 is 2.91 bits per heavy atom. The second-order valence-corrected chi connectivity index (χ2v) is 3.58. The molecule has 1 N–H and O–H groups in total. The van der Waals surface area contributed by atoms with E-state index < -0.39 is 0 Å². The molecule has 0 bridgehead atoms. The van der Waals surface area contributed by atoms with Crippen molar-refractivity contribution in [3.63, 3.8) is 0 Å². The van der Waals surface area contributed by atoms with Crippen LogP contribution >= 0.6 is 0 Å². The van der Waals surface area contributed by atoms with Gasteiger partial charge >= 0.3 is 0 Å². The third kappa shape index (κ3) is 1.19. The predicted molar refractivity (Wildman–Crippen MR) is 42.7 cm³/mol. The van der Waals surface area contributed by atoms with E-state index in [1.54, 1.807) is 0 Å². The summed E-state index contributed by atoms with van der Waals surface area (Å²) in [5.41, 5.74) is 0.807. The molecule has 2 atom stereocenters. The highest BCUT2D eigenvalue weighted by Gasteiger charge is 2.32. The first kappa shape index (κ1) is 6.93. The summed E-state index contributed by atoms with van der Waals surface area (Å²) in [5.74, 6) is 2.71. The van der Waals surface area contributed by atoms with Gasteiger partial charge in [0, 0.05) is 12.5 Å². The highest BCUT2D eigenvalue weighted by molar-refractivity contribution is 5.52. The van der Waals surface area contributed by atoms with Crippen molar-refractivity contribution < 1.29 is 4.79 Å². The van der Waals surface area contributed by atoms with E-state index in [0.717, 1.165) is 18.0 Å². The number of nitrogens with one attached hydrogen (secondary N) is 1. The zero-order valence-electron chi connectivity index (χ0n) is 6.60. The monoisotopic (exact) mass is 151 g/mol. The van der Waals surface area contributed by atoms with Crippen LogP contribution in [0.2, 0.25) is 0 Å². The van der Waals surface area contributed by atoms with Gasteiger partial charge in [0.1, 0.15) is 5.94 Å². The lowest BCUT2D eigenvalue weighted by molar-refractivity contribution is 0.326. The molecule has 0 aromatic carbocycles. The highest BCUT2D eigenvalue weighted by atomic mass is 16.1. The van der Waals surface area contributed by atoms with E-state index in [1.807, 2.05) is 5.94 Å². The average molecular weight is 151 g/mol. The summed E-state index contributed by atoms with van der Waals surface area (Å²) in [6.07, 6.45) is 6.15. The maximum atomic E-state index is 10.3. The molecule has 0 aromatic heterocycles. The summed E-state index contributed by atoms with van der Waals surface area (Å²) >= 11 is 0. The third-order valence-corrected chi connectivity index (χ3v) is 2.86. The van der Waals surface area contributed by atoms with Crippen LogP contribution in [0.3, 0.4) is 0 Å². The fraction of sp³-hybridized carbons (Fsp3) is 0.778. The fourth-order valence-corrected chi connectivity index (χ4v) is 2.26. The molecule has 1 aliphatic carbocycles. The van der Waals surface area contributed by atoms with E-state index in [1.165, 1.54) is 25.7 Å². The summed E-state index contributed by atoms with van der Waals surface area (Å²) in [4.78, 5) is 10.3. The fourth-order valence-electron chi connectivity index (χ4n) is 2.26. The Balaban J connectivity index is 2.09. The van der Waals surface area contributed by atoms with Crippen molar-refractivity contribution in [3.05, 3.63) is 5.70 Å². The second-order valence-electron chi connectivity index (χ2n) is 3.58. The minimum atomic E-state index is 0.597. The smallest absolute Gasteiger partial charge is 0.145 e. The van der Waals surface area contributed by atoms with Crippen molar-refractivity contribution in [1.82, 2.24) is 5.32 Å². The molecule has 2 rings (SSSR count). The van der Waals surface area contributed by atoms with Crippen LogP contribution in [0.5, 0.6) is 0 Å². The maximum Gasteiger partial charge on any atom is 0.145 e. The first-order chi connectivity index (χ1) is 5.40. The number of hydrogen-bond donors (Lipinski definition) is 1. The Morgan fingerprint density at radius 1 is 1.36 bits per heavy atom. The van der Waals surface area contributed by atoms with Crippen molar-refractivity contribution in [3.8, 4) is 0 Å². The maximum absolute atomic E-state index is 10.3. The van der Waals surface area contributed by atoms with Crippen molar-refractivity contribution in [2.75, 3.05) is 0 Å². The van der Waals surface area contributed by atoms with E-state index >= 15 is 0 Å². The van der Waals surface area contributed by atoms with Crippen LogP contribution in [0.1, 0.15) is 32.1 Å². The van der Waals surface area contributed by atoms with Crippen molar-refractivity contribution in [2.24, 2.45) is 5.92 Å². The largest absolute Gasteiger partial charge is 0.376 e. The van der Waals surface area contributed by atoms with Crippen LogP contribution in [0.15, 0.2) is 5.70 Å². The van der Waals surface area contributed by atoms with Gasteiger partial charge in [0.25, 0.3) is 0 Å². The van der Waals surface area contributed by atoms with Crippen molar-refractivity contribution in [2.45, 2.75) is 38.1 Å². The Kier molecular flexibility index (Phi) is 1.71. The number of fused-ring (bicyclic) bond motifs is 1. The Morgan fingerprint density at radius 2 is 2.18 bits per heavy atom. The molecule has 2 fully saturated rings. The van der Waals surface area contributed by atoms with Gasteiger partial charge in [-0.2, -0.15) is 0 Å². The normalized spacial score (nSPS) is 35.8. The second kappa shape index (κ2) is 2.71. The molecule has 1 saturated carbocycles. The van der Waals surface area contributed by atoms with Crippen LogP contribution in [-0.4, -0.2) is 12.0 Å². The van der Waals surface area contributed by atoms with Gasteiger partial charge in [-0.15, -0.1) is 0 Å². The molecule has 2 nitrogen and oxygen atoms in total. The van der Waals surface area contributed by atoms with Crippen LogP contribution in [0, 0.1) is 5.92 Å². The van der Waals surface area contributed by atoms with E-state index in [4.69, 9.17) is 0 Å². The third-order valence-electron chi connectivity index (χ3n) is 2.86. The van der Waals surface area contributed by atoms with Gasteiger partial charge in [-0.3, -0.25) is 0 Å². The van der Waals surface area contributed by atoms with E-state index in [-0.39, 0.29) is 0 Å². The molecule has 11 heavy (non-hydrogen) atoms. The zero-order chi connectivity index (χ0) is 7.68. The SMILES string of the molecule is O=C=C1CC2CCCCC2N1. The van der Waals surface area contributed by atoms with Crippen molar-refractivity contribution >= 4 is 5.94 Å². The summed E-state index contributed by atoms with van der Waals surface area (Å²) in [6, 6.07) is 0.597. The molecule has 0 aromatic rings. The van der Waals surface area contributed by atoms with Gasteiger partial charge in [0.2, 0.25) is 0 Å². The van der Waals surface area contributed by atoms with Gasteiger partial charge in [-0.05, 0) is 18.8 Å². The predicted octanol–water partition coefficient (Wildman–Crippen LogP) is 1.25. The molecule has 0 amide bonds. The van der Waals surface area contributed by atoms with E-state index in [9.17, 15) is 4.79 Å². The summed E-state index contributed by atoms with van der Waals surface area (Å²) in [6.45, 7) is 0. The Labute approximate surface area is 66.7 Å². The van der Waals surface area contributed by atoms with Gasteiger partial charge in [0.15, 0.2) is 0 Å². The number of allylic oxidation sites excluding steroid dienone is 1. The van der Waals surface area contributed by atoms with Gasteiger partial charge in [-0.25, -0.2) is 4.79 Å². The highest BCUT2D eigenvalue weighted by Crippen LogP contribution is 2.33. The van der Waals surface area contributed by atoms with Crippen LogP contribution in [0.4, 0.5) is 0 Å². The molecule has 2 heteroatoms. The zero-order valence-corrected chi connectivity index (χ0v) is 6.60. The standard InChI is InChI=1S/C9H13NO/c11-6-8-5-7-3-1-2-4-9(7)10-8/h7,9-10H,1-5H2. The Bertz CT molecular complexity index is 190. The topological polar surface area (TPSA) is 29.1 Å². The molecule has 0 spiro atoms. The number of carbonyl (C=O) groups excluding carboxylic acids is 1. The Hall–Kier alpha value is -0.750. The molecular formula is C9H13NO. The minimum Gasteiger partial charge on any atom is -0.376 e. The minimum absolute atomic E-state index is 0.597. The molecule has 0 radical (unpaired) electrons. The van der Waals surface area contributed by atoms with Gasteiger partial charge in [0.05, 0.1) is 5.70 Å². The number of rotatable bonds is 0. The van der Waals surface area contributed by atoms with Gasteiger partial charge < -0.3 is 5.32 Å². The molecule has 1 saturated heterocycles. The summed E-state index contributed by atoms with van der Waals surface area (Å²) in [5, 5.41) is 3.24. The molecule has 1 aliphatic heterocycles. The van der Waals surface area contributed by atoms with E-state index in [0.29, 0.717) is 6.04 Å². The lowest BCUT2D eigenvalue weighted by atomic mass is 9.85. The van der Waals surface area contributed by atoms with Crippen molar-refractivity contribution in [1.29, 1.82) is 0 Å². The van der Waals surface area contributed by atoms with Crippen LogP contribution in [0.25, 0.3) is 0 Å². The van der Waals surface area contributed by atoms with Crippen LogP contribution in [-0.2, 0) is 4.79 Å². The van der Waals surface area contributed by atoms with E-state index in [2.05, 4.69) is 5.32 Å². The van der Waals surface area contributed by atoms with Gasteiger partial charge in [-0.1, -0.05) is 12.8 Å². The summed E-state index contributed by atoms with van der Waals surface area (Å²) in [7, 11) is 0. The quantitative estimate of drug-likeness (QED) is 0.528. The number of hydrogen-bond acceptors (Lipinski definition) is 2. The molecule has 2 aliphatic rings.